The molecule has 24 heavy (non-hydrogen) atoms. The number of ether oxygens (including phenoxy) is 1. The maximum Gasteiger partial charge on any atom is 0.412 e. The molecule has 0 aromatic heterocycles. The van der Waals surface area contributed by atoms with Crippen LogP contribution in [0.4, 0.5) is 20.6 Å². The number of carbonyl (C=O) groups is 1. The van der Waals surface area contributed by atoms with Crippen LogP contribution in [0.5, 0.6) is 0 Å². The molecule has 2 rings (SSSR count). The number of nitro groups is 1. The van der Waals surface area contributed by atoms with Crippen LogP contribution in [0.3, 0.4) is 0 Å². The zero-order chi connectivity index (χ0) is 17.9. The van der Waals surface area contributed by atoms with Gasteiger partial charge in [-0.05, 0) is 50.1 Å². The fraction of sp³-hybridized carbons (Fsp3) is 0.235. The van der Waals surface area contributed by atoms with Crippen molar-refractivity contribution in [1.29, 1.82) is 0 Å². The minimum Gasteiger partial charge on any atom is -0.444 e. The summed E-state index contributed by atoms with van der Waals surface area (Å²) in [6.45, 7) is 5.07. The van der Waals surface area contributed by atoms with Gasteiger partial charge in [-0.1, -0.05) is 18.2 Å². The molecular formula is C17H17FN2O4. The Hall–Kier alpha value is -2.96. The highest BCUT2D eigenvalue weighted by Crippen LogP contribution is 2.31. The van der Waals surface area contributed by atoms with Gasteiger partial charge in [-0.15, -0.1) is 0 Å². The van der Waals surface area contributed by atoms with E-state index >= 15 is 0 Å². The number of nitrogens with one attached hydrogen (secondary N) is 1. The molecule has 0 atom stereocenters. The van der Waals surface area contributed by atoms with E-state index in [0.29, 0.717) is 11.1 Å². The third-order valence-electron chi connectivity index (χ3n) is 2.99. The number of nitro benzene ring substituents is 1. The Morgan fingerprint density at radius 1 is 1.17 bits per heavy atom. The molecule has 6 nitrogen and oxygen atoms in total. The number of hydrogen-bond donors (Lipinski definition) is 1. The van der Waals surface area contributed by atoms with Gasteiger partial charge >= 0.3 is 6.09 Å². The molecule has 0 aliphatic carbocycles. The summed E-state index contributed by atoms with van der Waals surface area (Å²) in [5.74, 6) is -0.439. The Labute approximate surface area is 138 Å². The summed E-state index contributed by atoms with van der Waals surface area (Å²) in [4.78, 5) is 22.5. The average Bonchev–Trinajstić information content (AvgIpc) is 2.45. The fourth-order valence-corrected chi connectivity index (χ4v) is 2.05. The van der Waals surface area contributed by atoms with Crippen LogP contribution in [-0.4, -0.2) is 16.6 Å². The quantitative estimate of drug-likeness (QED) is 0.649. The van der Waals surface area contributed by atoms with Crippen molar-refractivity contribution in [2.45, 2.75) is 26.4 Å². The number of nitrogens with zero attached hydrogens (tertiary/aromatic N) is 1. The predicted molar refractivity (Wildman–Crippen MR) is 88.3 cm³/mol. The SMILES string of the molecule is CC(C)(C)OC(=O)Nc1ccc(-c2cccc(F)c2)cc1[N+](=O)[O-]. The number of benzene rings is 2. The standard InChI is InChI=1S/C17H17FN2O4/c1-17(2,3)24-16(21)19-14-8-7-12(10-15(14)20(22)23)11-5-4-6-13(18)9-11/h4-10H,1-3H3,(H,19,21). The first-order valence-electron chi connectivity index (χ1n) is 7.20. The predicted octanol–water partition coefficient (Wildman–Crippen LogP) is 4.75. The van der Waals surface area contributed by atoms with E-state index in [1.54, 1.807) is 32.9 Å². The van der Waals surface area contributed by atoms with E-state index in [1.165, 1.54) is 30.3 Å². The van der Waals surface area contributed by atoms with Crippen LogP contribution in [0.1, 0.15) is 20.8 Å². The van der Waals surface area contributed by atoms with Gasteiger partial charge in [-0.3, -0.25) is 15.4 Å². The van der Waals surface area contributed by atoms with E-state index in [-0.39, 0.29) is 11.4 Å². The summed E-state index contributed by atoms with van der Waals surface area (Å²) in [7, 11) is 0. The molecule has 0 saturated heterocycles. The largest absolute Gasteiger partial charge is 0.444 e. The van der Waals surface area contributed by atoms with Crippen molar-refractivity contribution in [2.24, 2.45) is 0 Å². The molecule has 0 spiro atoms. The lowest BCUT2D eigenvalue weighted by atomic mass is 10.0. The topological polar surface area (TPSA) is 81.5 Å². The van der Waals surface area contributed by atoms with Crippen molar-refractivity contribution < 1.29 is 18.8 Å². The second-order valence-corrected chi connectivity index (χ2v) is 6.13. The Bertz CT molecular complexity index is 784. The van der Waals surface area contributed by atoms with Gasteiger partial charge in [-0.25, -0.2) is 9.18 Å². The summed E-state index contributed by atoms with van der Waals surface area (Å²) in [6, 6.07) is 9.96. The number of hydrogen-bond acceptors (Lipinski definition) is 4. The van der Waals surface area contributed by atoms with Crippen LogP contribution in [0.25, 0.3) is 11.1 Å². The lowest BCUT2D eigenvalue weighted by molar-refractivity contribution is -0.383. The molecule has 1 amide bonds. The molecule has 0 fully saturated rings. The molecule has 0 aliphatic rings. The number of amides is 1. The van der Waals surface area contributed by atoms with E-state index < -0.39 is 22.4 Å². The molecule has 0 bridgehead atoms. The van der Waals surface area contributed by atoms with E-state index in [1.807, 2.05) is 0 Å². The minimum absolute atomic E-state index is 0.00871. The molecular weight excluding hydrogens is 315 g/mol. The van der Waals surface area contributed by atoms with Gasteiger partial charge in [0.15, 0.2) is 0 Å². The van der Waals surface area contributed by atoms with Crippen molar-refractivity contribution in [1.82, 2.24) is 0 Å². The van der Waals surface area contributed by atoms with Crippen LogP contribution in [0.15, 0.2) is 42.5 Å². The molecule has 2 aromatic rings. The van der Waals surface area contributed by atoms with E-state index in [0.717, 1.165) is 0 Å². The van der Waals surface area contributed by atoms with Crippen molar-refractivity contribution in [2.75, 3.05) is 5.32 Å². The maximum absolute atomic E-state index is 13.3. The summed E-state index contributed by atoms with van der Waals surface area (Å²) in [5, 5.41) is 13.6. The smallest absolute Gasteiger partial charge is 0.412 e. The second kappa shape index (κ2) is 6.66. The highest BCUT2D eigenvalue weighted by molar-refractivity contribution is 5.89. The number of anilines is 1. The van der Waals surface area contributed by atoms with Crippen LogP contribution in [0.2, 0.25) is 0 Å². The first-order chi connectivity index (χ1) is 11.2. The Morgan fingerprint density at radius 2 is 1.83 bits per heavy atom. The zero-order valence-corrected chi connectivity index (χ0v) is 13.5. The van der Waals surface area contributed by atoms with Crippen LogP contribution in [0, 0.1) is 15.9 Å². The van der Waals surface area contributed by atoms with Crippen LogP contribution < -0.4 is 5.32 Å². The molecule has 0 heterocycles. The monoisotopic (exact) mass is 332 g/mol. The van der Waals surface area contributed by atoms with Crippen molar-refractivity contribution >= 4 is 17.5 Å². The second-order valence-electron chi connectivity index (χ2n) is 6.13. The maximum atomic E-state index is 13.3. The third-order valence-corrected chi connectivity index (χ3v) is 2.99. The molecule has 2 aromatic carbocycles. The number of halogens is 1. The van der Waals surface area contributed by atoms with Crippen LogP contribution >= 0.6 is 0 Å². The Balaban J connectivity index is 2.34. The van der Waals surface area contributed by atoms with Gasteiger partial charge in [0.1, 0.15) is 17.1 Å². The molecule has 0 saturated carbocycles. The zero-order valence-electron chi connectivity index (χ0n) is 13.5. The Kier molecular flexibility index (Phi) is 4.82. The highest BCUT2D eigenvalue weighted by Gasteiger charge is 2.21. The van der Waals surface area contributed by atoms with Gasteiger partial charge in [-0.2, -0.15) is 0 Å². The molecule has 0 unspecified atom stereocenters. The first-order valence-corrected chi connectivity index (χ1v) is 7.20. The number of carbonyl (C=O) groups excluding carboxylic acids is 1. The molecule has 0 aliphatic heterocycles. The van der Waals surface area contributed by atoms with Crippen molar-refractivity contribution in [3.05, 3.63) is 58.4 Å². The van der Waals surface area contributed by atoms with Crippen LogP contribution in [-0.2, 0) is 4.74 Å². The van der Waals surface area contributed by atoms with Gasteiger partial charge in [0.2, 0.25) is 0 Å². The normalized spacial score (nSPS) is 11.0. The summed E-state index contributed by atoms with van der Waals surface area (Å²) in [6.07, 6.45) is -0.788. The summed E-state index contributed by atoms with van der Waals surface area (Å²) < 4.78 is 18.4. The lowest BCUT2D eigenvalue weighted by Gasteiger charge is -2.19. The fourth-order valence-electron chi connectivity index (χ4n) is 2.05. The molecule has 1 N–H and O–H groups in total. The van der Waals surface area contributed by atoms with E-state index in [4.69, 9.17) is 4.74 Å². The first kappa shape index (κ1) is 17.4. The third kappa shape index (κ3) is 4.52. The summed E-state index contributed by atoms with van der Waals surface area (Å²) >= 11 is 0. The highest BCUT2D eigenvalue weighted by atomic mass is 19.1. The van der Waals surface area contributed by atoms with Gasteiger partial charge in [0.25, 0.3) is 5.69 Å². The van der Waals surface area contributed by atoms with Gasteiger partial charge in [0.05, 0.1) is 4.92 Å². The molecule has 0 radical (unpaired) electrons. The lowest BCUT2D eigenvalue weighted by Crippen LogP contribution is -2.27. The molecule has 7 heteroatoms. The Morgan fingerprint density at radius 3 is 2.42 bits per heavy atom. The van der Waals surface area contributed by atoms with E-state index in [9.17, 15) is 19.3 Å². The molecule has 126 valence electrons. The average molecular weight is 332 g/mol. The van der Waals surface area contributed by atoms with Gasteiger partial charge in [0, 0.05) is 6.07 Å². The van der Waals surface area contributed by atoms with Crippen molar-refractivity contribution in [3.63, 3.8) is 0 Å². The van der Waals surface area contributed by atoms with E-state index in [2.05, 4.69) is 5.32 Å². The van der Waals surface area contributed by atoms with Crippen molar-refractivity contribution in [3.8, 4) is 11.1 Å². The minimum atomic E-state index is -0.788. The number of rotatable bonds is 3. The van der Waals surface area contributed by atoms with Gasteiger partial charge < -0.3 is 4.74 Å². The summed E-state index contributed by atoms with van der Waals surface area (Å²) in [5.41, 5.74) is -0.0460.